The van der Waals surface area contributed by atoms with Gasteiger partial charge in [-0.15, -0.1) is 0 Å². The Morgan fingerprint density at radius 3 is 2.71 bits per heavy atom. The zero-order valence-electron chi connectivity index (χ0n) is 12.7. The molecule has 0 aliphatic heterocycles. The molecule has 0 atom stereocenters. The summed E-state index contributed by atoms with van der Waals surface area (Å²) in [6, 6.07) is 14.8. The van der Waals surface area contributed by atoms with E-state index in [9.17, 15) is 0 Å². The molecule has 0 spiro atoms. The van der Waals surface area contributed by atoms with Crippen LogP contribution < -0.4 is 10.6 Å². The van der Waals surface area contributed by atoms with Crippen LogP contribution >= 0.6 is 0 Å². The molecule has 0 aromatic heterocycles. The third-order valence-corrected chi connectivity index (χ3v) is 3.29. The van der Waals surface area contributed by atoms with Gasteiger partial charge in [0.05, 0.1) is 6.61 Å². The second kappa shape index (κ2) is 8.27. The lowest BCUT2D eigenvalue weighted by atomic mass is 10.0. The molecule has 2 aromatic rings. The highest BCUT2D eigenvalue weighted by molar-refractivity contribution is 5.86. The number of nitrogens with zero attached hydrogens (tertiary/aromatic N) is 1. The number of guanidine groups is 1. The van der Waals surface area contributed by atoms with Crippen molar-refractivity contribution in [1.82, 2.24) is 10.6 Å². The molecule has 2 N–H and O–H groups in total. The normalized spacial score (nSPS) is 11.6. The van der Waals surface area contributed by atoms with Crippen LogP contribution in [0.15, 0.2) is 47.5 Å². The van der Waals surface area contributed by atoms with Crippen LogP contribution in [0.25, 0.3) is 10.8 Å². The first-order valence-corrected chi connectivity index (χ1v) is 7.34. The first-order chi connectivity index (χ1) is 10.3. The van der Waals surface area contributed by atoms with Crippen molar-refractivity contribution in [1.29, 1.82) is 0 Å². The summed E-state index contributed by atoms with van der Waals surface area (Å²) in [5.74, 6) is 0.794. The molecular formula is C17H23N3O. The first-order valence-electron chi connectivity index (χ1n) is 7.34. The number of nitrogens with one attached hydrogen (secondary N) is 2. The Morgan fingerprint density at radius 2 is 1.90 bits per heavy atom. The average molecular weight is 285 g/mol. The predicted molar refractivity (Wildman–Crippen MR) is 88.6 cm³/mol. The number of hydrogen-bond donors (Lipinski definition) is 2. The van der Waals surface area contributed by atoms with Crippen molar-refractivity contribution in [2.45, 2.75) is 13.5 Å². The van der Waals surface area contributed by atoms with Gasteiger partial charge in [0, 0.05) is 26.7 Å². The zero-order chi connectivity index (χ0) is 14.9. The van der Waals surface area contributed by atoms with Gasteiger partial charge in [0.1, 0.15) is 0 Å². The number of aliphatic imine (C=N–C) groups is 1. The maximum absolute atomic E-state index is 5.30. The van der Waals surface area contributed by atoms with Crippen molar-refractivity contribution in [3.05, 3.63) is 48.0 Å². The van der Waals surface area contributed by atoms with E-state index in [1.165, 1.54) is 16.3 Å². The van der Waals surface area contributed by atoms with Crippen LogP contribution in [0, 0.1) is 0 Å². The minimum Gasteiger partial charge on any atom is -0.380 e. The van der Waals surface area contributed by atoms with E-state index in [2.05, 4.69) is 58.1 Å². The monoisotopic (exact) mass is 285 g/mol. The lowest BCUT2D eigenvalue weighted by molar-refractivity contribution is 0.152. The highest BCUT2D eigenvalue weighted by Gasteiger charge is 2.02. The smallest absolute Gasteiger partial charge is 0.191 e. The van der Waals surface area contributed by atoms with Gasteiger partial charge >= 0.3 is 0 Å². The molecule has 0 heterocycles. The lowest BCUT2D eigenvalue weighted by Crippen LogP contribution is -2.38. The molecule has 0 amide bonds. The molecule has 0 fully saturated rings. The van der Waals surface area contributed by atoms with Crippen molar-refractivity contribution in [2.75, 3.05) is 26.8 Å². The average Bonchev–Trinajstić information content (AvgIpc) is 2.54. The Balaban J connectivity index is 1.94. The highest BCUT2D eigenvalue weighted by Crippen LogP contribution is 2.18. The summed E-state index contributed by atoms with van der Waals surface area (Å²) in [6.07, 6.45) is 0. The molecule has 0 bridgehead atoms. The second-order valence-electron chi connectivity index (χ2n) is 4.69. The Morgan fingerprint density at radius 1 is 1.10 bits per heavy atom. The van der Waals surface area contributed by atoms with E-state index in [0.717, 1.165) is 25.7 Å². The van der Waals surface area contributed by atoms with Crippen LogP contribution in [0.5, 0.6) is 0 Å². The van der Waals surface area contributed by atoms with Gasteiger partial charge < -0.3 is 15.4 Å². The summed E-state index contributed by atoms with van der Waals surface area (Å²) in [7, 11) is 1.78. The SMILES string of the molecule is CCOCCNC(=NC)NCc1cccc2ccccc12. The number of rotatable bonds is 6. The molecule has 4 nitrogen and oxygen atoms in total. The summed E-state index contributed by atoms with van der Waals surface area (Å²) < 4.78 is 5.30. The fourth-order valence-electron chi connectivity index (χ4n) is 2.23. The lowest BCUT2D eigenvalue weighted by Gasteiger charge is -2.13. The highest BCUT2D eigenvalue weighted by atomic mass is 16.5. The van der Waals surface area contributed by atoms with Gasteiger partial charge in [0.15, 0.2) is 5.96 Å². The molecule has 112 valence electrons. The van der Waals surface area contributed by atoms with E-state index in [1.807, 2.05) is 6.92 Å². The fraction of sp³-hybridized carbons (Fsp3) is 0.353. The number of benzene rings is 2. The molecule has 2 rings (SSSR count). The van der Waals surface area contributed by atoms with E-state index >= 15 is 0 Å². The van der Waals surface area contributed by atoms with Gasteiger partial charge in [0.2, 0.25) is 0 Å². The Labute approximate surface area is 126 Å². The van der Waals surface area contributed by atoms with Crippen LogP contribution in [0.4, 0.5) is 0 Å². The van der Waals surface area contributed by atoms with E-state index < -0.39 is 0 Å². The number of fused-ring (bicyclic) bond motifs is 1. The number of ether oxygens (including phenoxy) is 1. The third kappa shape index (κ3) is 4.46. The van der Waals surface area contributed by atoms with Gasteiger partial charge in [-0.1, -0.05) is 42.5 Å². The third-order valence-electron chi connectivity index (χ3n) is 3.29. The summed E-state index contributed by atoms with van der Waals surface area (Å²) in [5, 5.41) is 9.11. The standard InChI is InChI=1S/C17H23N3O/c1-3-21-12-11-19-17(18-2)20-13-15-9-6-8-14-7-4-5-10-16(14)15/h4-10H,3,11-13H2,1-2H3,(H2,18,19,20). The van der Waals surface area contributed by atoms with Gasteiger partial charge in [-0.3, -0.25) is 4.99 Å². The second-order valence-corrected chi connectivity index (χ2v) is 4.69. The van der Waals surface area contributed by atoms with Crippen molar-refractivity contribution < 1.29 is 4.74 Å². The van der Waals surface area contributed by atoms with E-state index in [0.29, 0.717) is 6.61 Å². The molecular weight excluding hydrogens is 262 g/mol. The van der Waals surface area contributed by atoms with Crippen molar-refractivity contribution in [2.24, 2.45) is 4.99 Å². The van der Waals surface area contributed by atoms with E-state index in [1.54, 1.807) is 7.05 Å². The summed E-state index contributed by atoms with van der Waals surface area (Å²) in [4.78, 5) is 4.22. The van der Waals surface area contributed by atoms with Gasteiger partial charge in [-0.05, 0) is 23.3 Å². The topological polar surface area (TPSA) is 45.6 Å². The Hall–Kier alpha value is -2.07. The first kappa shape index (κ1) is 15.3. The molecule has 0 unspecified atom stereocenters. The number of hydrogen-bond acceptors (Lipinski definition) is 2. The van der Waals surface area contributed by atoms with Gasteiger partial charge in [-0.2, -0.15) is 0 Å². The summed E-state index contributed by atoms with van der Waals surface area (Å²) >= 11 is 0. The minimum atomic E-state index is 0.686. The summed E-state index contributed by atoms with van der Waals surface area (Å²) in [6.45, 7) is 4.92. The maximum atomic E-state index is 5.30. The maximum Gasteiger partial charge on any atom is 0.191 e. The van der Waals surface area contributed by atoms with Gasteiger partial charge in [-0.25, -0.2) is 0 Å². The predicted octanol–water partition coefficient (Wildman–Crippen LogP) is 2.54. The fourth-order valence-corrected chi connectivity index (χ4v) is 2.23. The summed E-state index contributed by atoms with van der Waals surface area (Å²) in [5.41, 5.74) is 1.26. The van der Waals surface area contributed by atoms with Crippen LogP contribution in [0.2, 0.25) is 0 Å². The Kier molecular flexibility index (Phi) is 6.03. The van der Waals surface area contributed by atoms with Crippen molar-refractivity contribution in [3.63, 3.8) is 0 Å². The molecule has 2 aromatic carbocycles. The van der Waals surface area contributed by atoms with E-state index in [-0.39, 0.29) is 0 Å². The van der Waals surface area contributed by atoms with Crippen LogP contribution in [-0.4, -0.2) is 32.8 Å². The Bertz CT molecular complexity index is 590. The quantitative estimate of drug-likeness (QED) is 0.487. The molecule has 0 aliphatic rings. The largest absolute Gasteiger partial charge is 0.380 e. The molecule has 21 heavy (non-hydrogen) atoms. The molecule has 0 saturated heterocycles. The van der Waals surface area contributed by atoms with E-state index in [4.69, 9.17) is 4.74 Å². The molecule has 0 aliphatic carbocycles. The van der Waals surface area contributed by atoms with Crippen molar-refractivity contribution in [3.8, 4) is 0 Å². The minimum absolute atomic E-state index is 0.686. The van der Waals surface area contributed by atoms with Crippen LogP contribution in [0.3, 0.4) is 0 Å². The van der Waals surface area contributed by atoms with Crippen LogP contribution in [-0.2, 0) is 11.3 Å². The van der Waals surface area contributed by atoms with Gasteiger partial charge in [0.25, 0.3) is 0 Å². The van der Waals surface area contributed by atoms with Crippen LogP contribution in [0.1, 0.15) is 12.5 Å². The molecule has 4 heteroatoms. The molecule has 0 radical (unpaired) electrons. The molecule has 0 saturated carbocycles. The van der Waals surface area contributed by atoms with Crippen molar-refractivity contribution >= 4 is 16.7 Å². The zero-order valence-corrected chi connectivity index (χ0v) is 12.7.